The summed E-state index contributed by atoms with van der Waals surface area (Å²) in [7, 11) is 0. The molecule has 7 nitrogen and oxygen atoms in total. The second-order valence-electron chi connectivity index (χ2n) is 6.23. The Morgan fingerprint density at radius 1 is 1.19 bits per heavy atom. The summed E-state index contributed by atoms with van der Waals surface area (Å²) in [6.07, 6.45) is 6.58. The summed E-state index contributed by atoms with van der Waals surface area (Å²) in [5.41, 5.74) is 6.59. The molecule has 2 atom stereocenters. The van der Waals surface area contributed by atoms with Crippen molar-refractivity contribution in [2.24, 2.45) is 5.73 Å². The number of carbonyl (C=O) groups excluding carboxylic acids is 2. The molecule has 0 aliphatic rings. The number of H-pyrrole nitrogens is 1. The Balaban J connectivity index is 2.02. The molecule has 0 aliphatic heterocycles. The van der Waals surface area contributed by atoms with Crippen LogP contribution in [0.3, 0.4) is 0 Å². The zero-order chi connectivity index (χ0) is 18.8. The highest BCUT2D eigenvalue weighted by molar-refractivity contribution is 6.35. The third-order valence-corrected chi connectivity index (χ3v) is 4.19. The predicted molar refractivity (Wildman–Crippen MR) is 100 cm³/mol. The lowest BCUT2D eigenvalue weighted by Crippen LogP contribution is -2.48. The van der Waals surface area contributed by atoms with E-state index in [1.807, 2.05) is 30.3 Å². The number of imidazole rings is 1. The van der Waals surface area contributed by atoms with Crippen molar-refractivity contribution in [1.29, 1.82) is 0 Å². The van der Waals surface area contributed by atoms with Gasteiger partial charge in [-0.05, 0) is 12.0 Å². The Labute approximate surface area is 153 Å². The molecule has 1 aromatic heterocycles. The predicted octanol–water partition coefficient (Wildman–Crippen LogP) is 1.44. The molecular weight excluding hydrogens is 330 g/mol. The Hall–Kier alpha value is -2.67. The van der Waals surface area contributed by atoms with Crippen LogP contribution in [-0.2, 0) is 16.0 Å². The molecule has 2 rings (SSSR count). The van der Waals surface area contributed by atoms with E-state index in [1.165, 1.54) is 0 Å². The van der Waals surface area contributed by atoms with E-state index in [9.17, 15) is 9.59 Å². The number of nitrogens with zero attached hydrogens (tertiary/aromatic N) is 1. The third-order valence-electron chi connectivity index (χ3n) is 4.19. The lowest BCUT2D eigenvalue weighted by atomic mass is 10.0. The molecule has 7 heteroatoms. The summed E-state index contributed by atoms with van der Waals surface area (Å²) in [6.45, 7) is 2.38. The van der Waals surface area contributed by atoms with Gasteiger partial charge in [0.1, 0.15) is 5.82 Å². The maximum absolute atomic E-state index is 12.4. The molecule has 0 spiro atoms. The minimum Gasteiger partial charge on any atom is -0.349 e. The first-order chi connectivity index (χ1) is 12.6. The number of amides is 2. The lowest BCUT2D eigenvalue weighted by Gasteiger charge is -2.20. The molecule has 0 radical (unpaired) electrons. The number of aromatic nitrogens is 2. The second-order valence-corrected chi connectivity index (χ2v) is 6.23. The van der Waals surface area contributed by atoms with Crippen LogP contribution in [0.2, 0.25) is 0 Å². The van der Waals surface area contributed by atoms with Gasteiger partial charge in [-0.2, -0.15) is 0 Å². The molecule has 2 unspecified atom stereocenters. The largest absolute Gasteiger partial charge is 0.349 e. The summed E-state index contributed by atoms with van der Waals surface area (Å²) in [4.78, 5) is 31.9. The molecule has 2 aromatic rings. The van der Waals surface area contributed by atoms with Crippen molar-refractivity contribution in [2.75, 3.05) is 6.54 Å². The summed E-state index contributed by atoms with van der Waals surface area (Å²) in [5, 5.41) is 5.52. The maximum atomic E-state index is 12.4. The fourth-order valence-corrected chi connectivity index (χ4v) is 2.71. The van der Waals surface area contributed by atoms with Crippen LogP contribution in [0.25, 0.3) is 0 Å². The summed E-state index contributed by atoms with van der Waals surface area (Å²) < 4.78 is 0. The van der Waals surface area contributed by atoms with Crippen LogP contribution in [0, 0.1) is 0 Å². The minimum atomic E-state index is -0.666. The fraction of sp³-hybridized carbons (Fsp3) is 0.421. The molecule has 2 amide bonds. The standard InChI is InChI=1S/C19H27N5O2/c1-2-3-9-15(13-20)23-18(25)19(26)24-16(12-17-21-10-11-22-17)14-7-5-4-6-8-14/h4-8,10-11,15-16H,2-3,9,12-13,20H2,1H3,(H,21,22)(H,23,25)(H,24,26). The van der Waals surface area contributed by atoms with Crippen molar-refractivity contribution in [3.05, 3.63) is 54.1 Å². The molecule has 1 heterocycles. The molecule has 0 fully saturated rings. The number of carbonyl (C=O) groups is 2. The van der Waals surface area contributed by atoms with Gasteiger partial charge in [0.25, 0.3) is 0 Å². The molecule has 1 aromatic carbocycles. The second kappa shape index (κ2) is 10.4. The Kier molecular flexibility index (Phi) is 7.82. The highest BCUT2D eigenvalue weighted by Crippen LogP contribution is 2.16. The quantitative estimate of drug-likeness (QED) is 0.509. The number of benzene rings is 1. The molecule has 5 N–H and O–H groups in total. The van der Waals surface area contributed by atoms with E-state index in [0.29, 0.717) is 13.0 Å². The van der Waals surface area contributed by atoms with Crippen LogP contribution in [0.4, 0.5) is 0 Å². The van der Waals surface area contributed by atoms with Crippen LogP contribution in [0.15, 0.2) is 42.7 Å². The van der Waals surface area contributed by atoms with Gasteiger partial charge >= 0.3 is 11.8 Å². The Morgan fingerprint density at radius 3 is 2.54 bits per heavy atom. The van der Waals surface area contributed by atoms with Gasteiger partial charge < -0.3 is 21.4 Å². The van der Waals surface area contributed by atoms with Gasteiger partial charge in [-0.25, -0.2) is 4.98 Å². The molecule has 0 aliphatic carbocycles. The summed E-state index contributed by atoms with van der Waals surface area (Å²) in [5.74, 6) is -0.584. The van der Waals surface area contributed by atoms with Crippen molar-refractivity contribution < 1.29 is 9.59 Å². The maximum Gasteiger partial charge on any atom is 0.309 e. The van der Waals surface area contributed by atoms with Crippen LogP contribution in [-0.4, -0.2) is 34.4 Å². The van der Waals surface area contributed by atoms with Crippen LogP contribution in [0.5, 0.6) is 0 Å². The summed E-state index contributed by atoms with van der Waals surface area (Å²) >= 11 is 0. The highest BCUT2D eigenvalue weighted by atomic mass is 16.2. The number of nitrogens with one attached hydrogen (secondary N) is 3. The van der Waals surface area contributed by atoms with Crippen LogP contribution in [0.1, 0.15) is 43.6 Å². The number of unbranched alkanes of at least 4 members (excludes halogenated alkanes) is 1. The molecule has 0 bridgehead atoms. The smallest absolute Gasteiger partial charge is 0.309 e. The van der Waals surface area contributed by atoms with Crippen molar-refractivity contribution in [2.45, 2.75) is 44.7 Å². The third kappa shape index (κ3) is 6.00. The number of rotatable bonds is 9. The molecule has 0 saturated heterocycles. The van der Waals surface area contributed by atoms with Gasteiger partial charge in [-0.3, -0.25) is 9.59 Å². The first kappa shape index (κ1) is 19.7. The number of nitrogens with two attached hydrogens (primary N) is 1. The molecular formula is C19H27N5O2. The van der Waals surface area contributed by atoms with Crippen LogP contribution < -0.4 is 16.4 Å². The van der Waals surface area contributed by atoms with Gasteiger partial charge in [0.2, 0.25) is 0 Å². The van der Waals surface area contributed by atoms with Crippen molar-refractivity contribution in [1.82, 2.24) is 20.6 Å². The molecule has 140 valence electrons. The van der Waals surface area contributed by atoms with E-state index in [1.54, 1.807) is 12.4 Å². The normalized spacial score (nSPS) is 13.0. The topological polar surface area (TPSA) is 113 Å². The van der Waals surface area contributed by atoms with Gasteiger partial charge in [0.15, 0.2) is 0 Å². The van der Waals surface area contributed by atoms with E-state index < -0.39 is 11.8 Å². The van der Waals surface area contributed by atoms with Crippen molar-refractivity contribution >= 4 is 11.8 Å². The van der Waals surface area contributed by atoms with E-state index in [-0.39, 0.29) is 12.1 Å². The highest BCUT2D eigenvalue weighted by Gasteiger charge is 2.22. The van der Waals surface area contributed by atoms with Gasteiger partial charge in [0.05, 0.1) is 6.04 Å². The Morgan fingerprint density at radius 2 is 1.92 bits per heavy atom. The van der Waals surface area contributed by atoms with Gasteiger partial charge in [-0.15, -0.1) is 0 Å². The van der Waals surface area contributed by atoms with E-state index in [0.717, 1.165) is 30.7 Å². The van der Waals surface area contributed by atoms with Gasteiger partial charge in [0, 0.05) is 31.4 Å². The zero-order valence-electron chi connectivity index (χ0n) is 15.1. The van der Waals surface area contributed by atoms with Crippen molar-refractivity contribution in [3.8, 4) is 0 Å². The Bertz CT molecular complexity index is 673. The van der Waals surface area contributed by atoms with E-state index in [4.69, 9.17) is 5.73 Å². The lowest BCUT2D eigenvalue weighted by molar-refractivity contribution is -0.140. The van der Waals surface area contributed by atoms with Crippen molar-refractivity contribution in [3.63, 3.8) is 0 Å². The summed E-state index contributed by atoms with van der Waals surface area (Å²) in [6, 6.07) is 8.98. The number of hydrogen-bond acceptors (Lipinski definition) is 4. The number of aromatic amines is 1. The first-order valence-electron chi connectivity index (χ1n) is 8.98. The average molecular weight is 357 g/mol. The van der Waals surface area contributed by atoms with Gasteiger partial charge in [-0.1, -0.05) is 50.1 Å². The van der Waals surface area contributed by atoms with E-state index >= 15 is 0 Å². The zero-order valence-corrected chi connectivity index (χ0v) is 15.1. The molecule has 26 heavy (non-hydrogen) atoms. The van der Waals surface area contributed by atoms with Crippen LogP contribution >= 0.6 is 0 Å². The minimum absolute atomic E-state index is 0.187. The SMILES string of the molecule is CCCCC(CN)NC(=O)C(=O)NC(Cc1ncc[nH]1)c1ccccc1. The monoisotopic (exact) mass is 357 g/mol. The molecule has 0 saturated carbocycles. The number of hydrogen-bond donors (Lipinski definition) is 4. The first-order valence-corrected chi connectivity index (χ1v) is 8.98. The average Bonchev–Trinajstić information content (AvgIpc) is 3.18. The fourth-order valence-electron chi connectivity index (χ4n) is 2.71. The van der Waals surface area contributed by atoms with E-state index in [2.05, 4.69) is 27.5 Å².